The van der Waals surface area contributed by atoms with Crippen LogP contribution in [0.5, 0.6) is 0 Å². The number of aliphatic carboxylic acids is 1. The number of nitrogens with one attached hydrogen (secondary N) is 1. The summed E-state index contributed by atoms with van der Waals surface area (Å²) in [5, 5.41) is 18.1. The van der Waals surface area contributed by atoms with Gasteiger partial charge >= 0.3 is 5.97 Å². The van der Waals surface area contributed by atoms with Crippen LogP contribution in [-0.2, 0) is 4.79 Å². The topological polar surface area (TPSA) is 95.6 Å². The zero-order valence-electron chi connectivity index (χ0n) is 8.10. The van der Waals surface area contributed by atoms with Gasteiger partial charge in [-0.25, -0.2) is 4.79 Å². The van der Waals surface area contributed by atoms with Crippen LogP contribution in [0.2, 0.25) is 0 Å². The standard InChI is InChI=1S/C9H12N2O3S/c1-15-5-2-3-7(11-10)6(4-5)8(12)9(13)14/h2-4,8,11-12H,10H2,1H3,(H,13,14). The summed E-state index contributed by atoms with van der Waals surface area (Å²) < 4.78 is 0. The molecule has 1 aromatic carbocycles. The van der Waals surface area contributed by atoms with Crippen molar-refractivity contribution in [1.82, 2.24) is 0 Å². The summed E-state index contributed by atoms with van der Waals surface area (Å²) in [6, 6.07) is 5.02. The van der Waals surface area contributed by atoms with Gasteiger partial charge in [-0.2, -0.15) is 0 Å². The molecule has 0 spiro atoms. The van der Waals surface area contributed by atoms with Crippen molar-refractivity contribution < 1.29 is 15.0 Å². The zero-order valence-corrected chi connectivity index (χ0v) is 8.91. The van der Waals surface area contributed by atoms with Crippen LogP contribution in [0.15, 0.2) is 23.1 Å². The first-order valence-electron chi connectivity index (χ1n) is 4.15. The highest BCUT2D eigenvalue weighted by Gasteiger charge is 2.19. The number of carboxylic acids is 1. The Kier molecular flexibility index (Phi) is 3.96. The molecule has 0 aliphatic carbocycles. The molecule has 6 heteroatoms. The SMILES string of the molecule is CSc1ccc(NN)c(C(O)C(=O)O)c1. The van der Waals surface area contributed by atoms with Gasteiger partial charge in [0.05, 0.1) is 5.69 Å². The molecule has 15 heavy (non-hydrogen) atoms. The highest BCUT2D eigenvalue weighted by Crippen LogP contribution is 2.27. The second-order valence-electron chi connectivity index (χ2n) is 2.84. The molecule has 1 aromatic rings. The van der Waals surface area contributed by atoms with Crippen LogP contribution in [0.25, 0.3) is 0 Å². The Bertz CT molecular complexity index is 370. The molecule has 0 aliphatic heterocycles. The molecule has 0 amide bonds. The molecule has 0 aliphatic rings. The van der Waals surface area contributed by atoms with Gasteiger partial charge in [0, 0.05) is 10.5 Å². The van der Waals surface area contributed by atoms with E-state index in [1.54, 1.807) is 18.2 Å². The Labute approximate surface area is 91.3 Å². The van der Waals surface area contributed by atoms with E-state index in [9.17, 15) is 9.90 Å². The average molecular weight is 228 g/mol. The van der Waals surface area contributed by atoms with E-state index in [0.29, 0.717) is 5.69 Å². The first-order valence-corrected chi connectivity index (χ1v) is 5.38. The predicted octanol–water partition coefficient (Wildman–Crippen LogP) is 0.812. The molecular formula is C9H12N2O3S. The maximum Gasteiger partial charge on any atom is 0.337 e. The van der Waals surface area contributed by atoms with Gasteiger partial charge in [0.1, 0.15) is 0 Å². The third kappa shape index (κ3) is 2.62. The number of thioether (sulfide) groups is 1. The summed E-state index contributed by atoms with van der Waals surface area (Å²) in [7, 11) is 0. The van der Waals surface area contributed by atoms with Crippen molar-refractivity contribution in [2.75, 3.05) is 11.7 Å². The number of anilines is 1. The van der Waals surface area contributed by atoms with E-state index in [2.05, 4.69) is 5.43 Å². The van der Waals surface area contributed by atoms with Gasteiger partial charge in [-0.3, -0.25) is 5.84 Å². The average Bonchev–Trinajstić information content (AvgIpc) is 2.27. The van der Waals surface area contributed by atoms with Gasteiger partial charge in [-0.1, -0.05) is 0 Å². The maximum atomic E-state index is 10.6. The Hall–Kier alpha value is -1.24. The second kappa shape index (κ2) is 5.01. The van der Waals surface area contributed by atoms with Crippen molar-refractivity contribution in [2.24, 2.45) is 5.84 Å². The minimum absolute atomic E-state index is 0.261. The normalized spacial score (nSPS) is 12.2. The smallest absolute Gasteiger partial charge is 0.337 e. The molecule has 0 bridgehead atoms. The lowest BCUT2D eigenvalue weighted by atomic mass is 10.1. The number of hydrogen-bond donors (Lipinski definition) is 4. The number of aliphatic hydroxyl groups is 1. The lowest BCUT2D eigenvalue weighted by Crippen LogP contribution is -2.16. The third-order valence-corrected chi connectivity index (χ3v) is 2.67. The monoisotopic (exact) mass is 228 g/mol. The summed E-state index contributed by atoms with van der Waals surface area (Å²) in [5.41, 5.74) is 3.02. The number of nitrogens with two attached hydrogens (primary N) is 1. The Morgan fingerprint density at radius 1 is 1.60 bits per heavy atom. The number of aliphatic hydroxyl groups excluding tert-OH is 1. The molecule has 1 rings (SSSR count). The highest BCUT2D eigenvalue weighted by molar-refractivity contribution is 7.98. The molecular weight excluding hydrogens is 216 g/mol. The molecule has 0 saturated carbocycles. The lowest BCUT2D eigenvalue weighted by Gasteiger charge is -2.12. The zero-order chi connectivity index (χ0) is 11.4. The Balaban J connectivity index is 3.16. The van der Waals surface area contributed by atoms with E-state index < -0.39 is 12.1 Å². The molecule has 1 unspecified atom stereocenters. The van der Waals surface area contributed by atoms with Gasteiger partial charge in [-0.15, -0.1) is 11.8 Å². The minimum atomic E-state index is -1.57. The number of hydrogen-bond acceptors (Lipinski definition) is 5. The summed E-state index contributed by atoms with van der Waals surface area (Å²) in [5.74, 6) is 3.92. The van der Waals surface area contributed by atoms with E-state index in [1.807, 2.05) is 6.26 Å². The molecule has 0 aromatic heterocycles. The molecule has 0 saturated heterocycles. The van der Waals surface area contributed by atoms with E-state index >= 15 is 0 Å². The fourth-order valence-corrected chi connectivity index (χ4v) is 1.61. The largest absolute Gasteiger partial charge is 0.479 e. The molecule has 0 fully saturated rings. The summed E-state index contributed by atoms with van der Waals surface area (Å²) >= 11 is 1.46. The van der Waals surface area contributed by atoms with E-state index in [0.717, 1.165) is 4.90 Å². The van der Waals surface area contributed by atoms with Crippen LogP contribution in [0.3, 0.4) is 0 Å². The molecule has 5 nitrogen and oxygen atoms in total. The van der Waals surface area contributed by atoms with Crippen LogP contribution in [0.4, 0.5) is 5.69 Å². The summed E-state index contributed by atoms with van der Waals surface area (Å²) in [6.07, 6.45) is 0.296. The first-order chi connectivity index (χ1) is 7.10. The van der Waals surface area contributed by atoms with Crippen molar-refractivity contribution in [3.05, 3.63) is 23.8 Å². The lowest BCUT2D eigenvalue weighted by molar-refractivity contribution is -0.146. The van der Waals surface area contributed by atoms with Crippen molar-refractivity contribution in [3.8, 4) is 0 Å². The van der Waals surface area contributed by atoms with Crippen molar-refractivity contribution >= 4 is 23.4 Å². The van der Waals surface area contributed by atoms with Gasteiger partial charge in [-0.05, 0) is 24.5 Å². The van der Waals surface area contributed by atoms with Crippen molar-refractivity contribution in [2.45, 2.75) is 11.0 Å². The molecule has 5 N–H and O–H groups in total. The fourth-order valence-electron chi connectivity index (χ4n) is 1.16. The van der Waals surface area contributed by atoms with Gasteiger partial charge in [0.25, 0.3) is 0 Å². The van der Waals surface area contributed by atoms with Gasteiger partial charge < -0.3 is 15.6 Å². The van der Waals surface area contributed by atoms with Crippen LogP contribution < -0.4 is 11.3 Å². The van der Waals surface area contributed by atoms with E-state index in [4.69, 9.17) is 10.9 Å². The summed E-state index contributed by atoms with van der Waals surface area (Å²) in [4.78, 5) is 11.5. The van der Waals surface area contributed by atoms with Crippen LogP contribution in [0.1, 0.15) is 11.7 Å². The molecule has 0 radical (unpaired) electrons. The van der Waals surface area contributed by atoms with Crippen LogP contribution >= 0.6 is 11.8 Å². The van der Waals surface area contributed by atoms with E-state index in [-0.39, 0.29) is 5.56 Å². The maximum absolute atomic E-state index is 10.6. The number of carboxylic acid groups (broad SMARTS) is 1. The third-order valence-electron chi connectivity index (χ3n) is 1.94. The predicted molar refractivity (Wildman–Crippen MR) is 58.6 cm³/mol. The second-order valence-corrected chi connectivity index (χ2v) is 3.72. The number of carbonyl (C=O) groups is 1. The Morgan fingerprint density at radius 2 is 2.27 bits per heavy atom. The number of rotatable bonds is 4. The van der Waals surface area contributed by atoms with Gasteiger partial charge in [0.15, 0.2) is 6.10 Å². The fraction of sp³-hybridized carbons (Fsp3) is 0.222. The molecule has 0 heterocycles. The minimum Gasteiger partial charge on any atom is -0.479 e. The highest BCUT2D eigenvalue weighted by atomic mass is 32.2. The van der Waals surface area contributed by atoms with Crippen LogP contribution in [-0.4, -0.2) is 22.4 Å². The van der Waals surface area contributed by atoms with Gasteiger partial charge in [0.2, 0.25) is 0 Å². The Morgan fingerprint density at radius 3 is 2.73 bits per heavy atom. The number of nitrogen functional groups attached to an aromatic ring is 1. The van der Waals surface area contributed by atoms with Crippen molar-refractivity contribution in [3.63, 3.8) is 0 Å². The number of hydrazine groups is 1. The quantitative estimate of drug-likeness (QED) is 0.346. The number of benzene rings is 1. The first kappa shape index (κ1) is 11.8. The van der Waals surface area contributed by atoms with Crippen LogP contribution in [0, 0.1) is 0 Å². The molecule has 82 valence electrons. The van der Waals surface area contributed by atoms with E-state index in [1.165, 1.54) is 11.8 Å². The molecule has 1 atom stereocenters. The van der Waals surface area contributed by atoms with Crippen molar-refractivity contribution in [1.29, 1.82) is 0 Å². The summed E-state index contributed by atoms with van der Waals surface area (Å²) in [6.45, 7) is 0.